The van der Waals surface area contributed by atoms with Gasteiger partial charge < -0.3 is 4.74 Å². The van der Waals surface area contributed by atoms with Gasteiger partial charge in [0.05, 0.1) is 17.0 Å². The van der Waals surface area contributed by atoms with E-state index in [0.29, 0.717) is 16.2 Å². The van der Waals surface area contributed by atoms with Crippen molar-refractivity contribution < 1.29 is 23.5 Å². The van der Waals surface area contributed by atoms with Crippen LogP contribution in [0.2, 0.25) is 0 Å². The van der Waals surface area contributed by atoms with E-state index in [1.165, 1.54) is 29.2 Å². The summed E-state index contributed by atoms with van der Waals surface area (Å²) in [5, 5.41) is -0.325. The number of carbonyl (C=O) groups is 3. The monoisotopic (exact) mass is 511 g/mol. The molecule has 8 heteroatoms. The smallest absolute Gasteiger partial charge is 0.343 e. The van der Waals surface area contributed by atoms with Crippen molar-refractivity contribution in [2.45, 2.75) is 6.54 Å². The zero-order chi connectivity index (χ0) is 22.7. The van der Waals surface area contributed by atoms with Crippen molar-refractivity contribution in [1.29, 1.82) is 0 Å². The molecular formula is C24H15BrFNO4S. The third-order valence-corrected chi connectivity index (χ3v) is 6.03. The molecule has 0 atom stereocenters. The summed E-state index contributed by atoms with van der Waals surface area (Å²) < 4.78 is 19.2. The van der Waals surface area contributed by atoms with Crippen LogP contribution in [0.3, 0.4) is 0 Å². The SMILES string of the molecule is O=C(Oc1ccc(/C=C2\SC(=O)N(Cc3ccc(Br)cc3)C2=O)cc1)c1ccc(F)cc1. The number of hydrogen-bond donors (Lipinski definition) is 0. The molecule has 0 saturated carbocycles. The summed E-state index contributed by atoms with van der Waals surface area (Å²) in [6, 6.07) is 19.0. The molecule has 160 valence electrons. The van der Waals surface area contributed by atoms with Gasteiger partial charge in [0.1, 0.15) is 11.6 Å². The van der Waals surface area contributed by atoms with Crippen LogP contribution < -0.4 is 4.74 Å². The average molecular weight is 512 g/mol. The normalized spacial score (nSPS) is 14.8. The molecule has 0 spiro atoms. The molecule has 1 aliphatic rings. The van der Waals surface area contributed by atoms with Crippen molar-refractivity contribution in [3.63, 3.8) is 0 Å². The topological polar surface area (TPSA) is 63.7 Å². The molecule has 0 N–H and O–H groups in total. The third-order valence-electron chi connectivity index (χ3n) is 4.60. The Morgan fingerprint density at radius 2 is 1.62 bits per heavy atom. The van der Waals surface area contributed by atoms with Gasteiger partial charge in [-0.3, -0.25) is 14.5 Å². The predicted octanol–water partition coefficient (Wildman–Crippen LogP) is 6.04. The highest BCUT2D eigenvalue weighted by Gasteiger charge is 2.34. The summed E-state index contributed by atoms with van der Waals surface area (Å²) in [5.41, 5.74) is 1.76. The second-order valence-corrected chi connectivity index (χ2v) is 8.77. The van der Waals surface area contributed by atoms with Crippen LogP contribution in [0.25, 0.3) is 6.08 Å². The highest BCUT2D eigenvalue weighted by Crippen LogP contribution is 2.33. The van der Waals surface area contributed by atoms with Crippen LogP contribution in [0, 0.1) is 5.82 Å². The van der Waals surface area contributed by atoms with Crippen molar-refractivity contribution in [2.24, 2.45) is 0 Å². The lowest BCUT2D eigenvalue weighted by atomic mass is 10.2. The van der Waals surface area contributed by atoms with E-state index in [9.17, 15) is 18.8 Å². The van der Waals surface area contributed by atoms with Crippen LogP contribution in [0.4, 0.5) is 9.18 Å². The first kappa shape index (κ1) is 22.0. The molecular weight excluding hydrogens is 497 g/mol. The standard InChI is InChI=1S/C24H15BrFNO4S/c25-18-7-1-16(2-8-18)14-27-22(28)21(32-24(27)30)13-15-3-11-20(12-4-15)31-23(29)17-5-9-19(26)10-6-17/h1-13H,14H2/b21-13-. The molecule has 4 rings (SSSR count). The fraction of sp³-hybridized carbons (Fsp3) is 0.0417. The van der Waals surface area contributed by atoms with Gasteiger partial charge in [-0.15, -0.1) is 0 Å². The number of esters is 1. The Balaban J connectivity index is 1.42. The Morgan fingerprint density at radius 1 is 0.969 bits per heavy atom. The van der Waals surface area contributed by atoms with Gasteiger partial charge >= 0.3 is 5.97 Å². The largest absolute Gasteiger partial charge is 0.423 e. The first-order valence-corrected chi connectivity index (χ1v) is 11.1. The van der Waals surface area contributed by atoms with Crippen LogP contribution in [0.15, 0.2) is 82.2 Å². The Kier molecular flexibility index (Phi) is 6.53. The van der Waals surface area contributed by atoms with Crippen molar-refractivity contribution in [2.75, 3.05) is 0 Å². The predicted molar refractivity (Wildman–Crippen MR) is 123 cm³/mol. The number of imide groups is 1. The fourth-order valence-corrected chi connectivity index (χ4v) is 4.05. The van der Waals surface area contributed by atoms with Crippen molar-refractivity contribution in [1.82, 2.24) is 4.90 Å². The molecule has 0 unspecified atom stereocenters. The Labute approximate surface area is 196 Å². The maximum Gasteiger partial charge on any atom is 0.343 e. The number of nitrogens with zero attached hydrogens (tertiary/aromatic N) is 1. The molecule has 1 heterocycles. The molecule has 5 nitrogen and oxygen atoms in total. The lowest BCUT2D eigenvalue weighted by Gasteiger charge is -2.12. The highest BCUT2D eigenvalue weighted by atomic mass is 79.9. The first-order chi connectivity index (χ1) is 15.4. The van der Waals surface area contributed by atoms with E-state index < -0.39 is 11.8 Å². The van der Waals surface area contributed by atoms with Gasteiger partial charge in [0.15, 0.2) is 0 Å². The van der Waals surface area contributed by atoms with E-state index in [-0.39, 0.29) is 23.3 Å². The van der Waals surface area contributed by atoms with Crippen molar-refractivity contribution >= 4 is 50.9 Å². The number of ether oxygens (including phenoxy) is 1. The lowest BCUT2D eigenvalue weighted by Crippen LogP contribution is -2.27. The minimum atomic E-state index is -0.605. The van der Waals surface area contributed by atoms with Gasteiger partial charge in [-0.1, -0.05) is 40.2 Å². The van der Waals surface area contributed by atoms with Gasteiger partial charge in [-0.25, -0.2) is 9.18 Å². The summed E-state index contributed by atoms with van der Waals surface area (Å²) in [6.07, 6.45) is 1.62. The molecule has 0 aliphatic carbocycles. The van der Waals surface area contributed by atoms with Crippen molar-refractivity contribution in [3.8, 4) is 5.75 Å². The first-order valence-electron chi connectivity index (χ1n) is 9.47. The average Bonchev–Trinajstić information content (AvgIpc) is 3.04. The van der Waals surface area contributed by atoms with Crippen LogP contribution in [-0.2, 0) is 11.3 Å². The van der Waals surface area contributed by atoms with Gasteiger partial charge in [-0.2, -0.15) is 0 Å². The third kappa shape index (κ3) is 5.15. The molecule has 3 aromatic carbocycles. The number of halogens is 2. The molecule has 0 aromatic heterocycles. The van der Waals surface area contributed by atoms with E-state index >= 15 is 0 Å². The van der Waals surface area contributed by atoms with Crippen LogP contribution in [0.5, 0.6) is 5.75 Å². The number of amides is 2. The fourth-order valence-electron chi connectivity index (χ4n) is 2.94. The van der Waals surface area contributed by atoms with Crippen molar-refractivity contribution in [3.05, 3.63) is 105 Å². The zero-order valence-corrected chi connectivity index (χ0v) is 18.9. The second kappa shape index (κ2) is 9.50. The van der Waals surface area contributed by atoms with E-state index in [1.807, 2.05) is 24.3 Å². The Hall–Kier alpha value is -3.23. The zero-order valence-electron chi connectivity index (χ0n) is 16.5. The minimum absolute atomic E-state index is 0.202. The quantitative estimate of drug-likeness (QED) is 0.237. The molecule has 1 aliphatic heterocycles. The molecule has 2 amide bonds. The molecule has 0 radical (unpaired) electrons. The molecule has 0 bridgehead atoms. The van der Waals surface area contributed by atoms with E-state index in [4.69, 9.17) is 4.74 Å². The Morgan fingerprint density at radius 3 is 2.28 bits per heavy atom. The minimum Gasteiger partial charge on any atom is -0.423 e. The second-order valence-electron chi connectivity index (χ2n) is 6.86. The summed E-state index contributed by atoms with van der Waals surface area (Å²) in [4.78, 5) is 38.7. The van der Waals surface area contributed by atoms with Gasteiger partial charge in [0.2, 0.25) is 0 Å². The summed E-state index contributed by atoms with van der Waals surface area (Å²) in [7, 11) is 0. The maximum absolute atomic E-state index is 13.0. The molecule has 1 saturated heterocycles. The molecule has 3 aromatic rings. The number of benzene rings is 3. The van der Waals surface area contributed by atoms with E-state index in [2.05, 4.69) is 15.9 Å². The van der Waals surface area contributed by atoms with Crippen LogP contribution in [-0.4, -0.2) is 22.0 Å². The Bertz CT molecular complexity index is 1210. The van der Waals surface area contributed by atoms with Crippen LogP contribution >= 0.6 is 27.7 Å². The number of carbonyl (C=O) groups excluding carboxylic acids is 3. The van der Waals surface area contributed by atoms with E-state index in [0.717, 1.165) is 21.8 Å². The van der Waals surface area contributed by atoms with Gasteiger partial charge in [-0.05, 0) is 77.5 Å². The van der Waals surface area contributed by atoms with E-state index in [1.54, 1.807) is 30.3 Å². The number of thioether (sulfide) groups is 1. The maximum atomic E-state index is 13.0. The number of rotatable bonds is 5. The van der Waals surface area contributed by atoms with Gasteiger partial charge in [0.25, 0.3) is 11.1 Å². The number of hydrogen-bond acceptors (Lipinski definition) is 5. The molecule has 32 heavy (non-hydrogen) atoms. The molecule has 1 fully saturated rings. The summed E-state index contributed by atoms with van der Waals surface area (Å²) >= 11 is 4.24. The van der Waals surface area contributed by atoms with Crippen LogP contribution in [0.1, 0.15) is 21.5 Å². The summed E-state index contributed by atoms with van der Waals surface area (Å²) in [6.45, 7) is 0.202. The lowest BCUT2D eigenvalue weighted by molar-refractivity contribution is -0.123. The van der Waals surface area contributed by atoms with Gasteiger partial charge in [0, 0.05) is 4.47 Å². The highest BCUT2D eigenvalue weighted by molar-refractivity contribution is 9.10. The summed E-state index contributed by atoms with van der Waals surface area (Å²) in [5.74, 6) is -1.09.